The van der Waals surface area contributed by atoms with E-state index in [1.165, 1.54) is 29.2 Å². The summed E-state index contributed by atoms with van der Waals surface area (Å²) in [6, 6.07) is 3.19. The molecule has 96 valence electrons. The first-order valence-electron chi connectivity index (χ1n) is 5.17. The zero-order valence-corrected chi connectivity index (χ0v) is 11.4. The SMILES string of the molecule is Cc1occc1Sc1sc([C@H](C)O)cc1[N+](=O)[O-]. The Balaban J connectivity index is 2.37. The quantitative estimate of drug-likeness (QED) is 0.683. The van der Waals surface area contributed by atoms with E-state index in [4.69, 9.17) is 4.42 Å². The lowest BCUT2D eigenvalue weighted by atomic mass is 10.3. The van der Waals surface area contributed by atoms with Gasteiger partial charge < -0.3 is 9.52 Å². The van der Waals surface area contributed by atoms with Gasteiger partial charge in [0.05, 0.1) is 22.2 Å². The van der Waals surface area contributed by atoms with Gasteiger partial charge in [-0.2, -0.15) is 0 Å². The zero-order chi connectivity index (χ0) is 13.3. The van der Waals surface area contributed by atoms with Crippen molar-refractivity contribution in [1.82, 2.24) is 0 Å². The number of nitro groups is 1. The third-order valence-corrected chi connectivity index (χ3v) is 4.95. The lowest BCUT2D eigenvalue weighted by Crippen LogP contribution is -1.87. The highest BCUT2D eigenvalue weighted by Gasteiger charge is 2.22. The van der Waals surface area contributed by atoms with Gasteiger partial charge in [-0.25, -0.2) is 0 Å². The van der Waals surface area contributed by atoms with Crippen LogP contribution in [0.25, 0.3) is 0 Å². The molecule has 0 bridgehead atoms. The third kappa shape index (κ3) is 2.58. The van der Waals surface area contributed by atoms with Crippen molar-refractivity contribution < 1.29 is 14.4 Å². The number of aliphatic hydroxyl groups is 1. The Kier molecular flexibility index (Phi) is 3.74. The molecule has 0 aliphatic rings. The Morgan fingerprint density at radius 2 is 2.33 bits per heavy atom. The van der Waals surface area contributed by atoms with Gasteiger partial charge in [-0.05, 0) is 19.9 Å². The number of aryl methyl sites for hydroxylation is 1. The highest BCUT2D eigenvalue weighted by atomic mass is 32.2. The van der Waals surface area contributed by atoms with Crippen LogP contribution in [0.2, 0.25) is 0 Å². The molecule has 2 aromatic rings. The summed E-state index contributed by atoms with van der Waals surface area (Å²) in [5.41, 5.74) is 0.0292. The average molecular weight is 285 g/mol. The van der Waals surface area contributed by atoms with Crippen LogP contribution in [0, 0.1) is 17.0 Å². The molecule has 2 rings (SSSR count). The fraction of sp³-hybridized carbons (Fsp3) is 0.273. The Hall–Kier alpha value is -1.31. The maximum Gasteiger partial charge on any atom is 0.294 e. The number of hydrogen-bond donors (Lipinski definition) is 1. The van der Waals surface area contributed by atoms with Crippen molar-refractivity contribution in [1.29, 1.82) is 0 Å². The fourth-order valence-corrected chi connectivity index (χ4v) is 3.64. The molecular weight excluding hydrogens is 274 g/mol. The van der Waals surface area contributed by atoms with Crippen molar-refractivity contribution in [2.75, 3.05) is 0 Å². The minimum atomic E-state index is -0.700. The highest BCUT2D eigenvalue weighted by molar-refractivity contribution is 8.01. The van der Waals surface area contributed by atoms with Crippen molar-refractivity contribution in [3.05, 3.63) is 39.1 Å². The molecule has 2 heterocycles. The molecule has 7 heteroatoms. The fourth-order valence-electron chi connectivity index (χ4n) is 1.37. The van der Waals surface area contributed by atoms with Crippen LogP contribution in [0.4, 0.5) is 5.69 Å². The second kappa shape index (κ2) is 5.13. The van der Waals surface area contributed by atoms with E-state index in [0.29, 0.717) is 9.09 Å². The van der Waals surface area contributed by atoms with Crippen LogP contribution in [0.3, 0.4) is 0 Å². The Morgan fingerprint density at radius 3 is 2.83 bits per heavy atom. The lowest BCUT2D eigenvalue weighted by molar-refractivity contribution is -0.387. The van der Waals surface area contributed by atoms with E-state index in [0.717, 1.165) is 10.7 Å². The predicted molar refractivity (Wildman–Crippen MR) is 69.2 cm³/mol. The van der Waals surface area contributed by atoms with Crippen LogP contribution in [0.1, 0.15) is 23.7 Å². The van der Waals surface area contributed by atoms with Crippen LogP contribution >= 0.6 is 23.1 Å². The molecule has 0 saturated heterocycles. The molecule has 0 unspecified atom stereocenters. The van der Waals surface area contributed by atoms with E-state index in [9.17, 15) is 15.2 Å². The van der Waals surface area contributed by atoms with Crippen LogP contribution in [-0.2, 0) is 0 Å². The van der Waals surface area contributed by atoms with E-state index >= 15 is 0 Å². The zero-order valence-electron chi connectivity index (χ0n) is 9.75. The molecule has 18 heavy (non-hydrogen) atoms. The molecule has 0 saturated carbocycles. The summed E-state index contributed by atoms with van der Waals surface area (Å²) in [5.74, 6) is 0.723. The van der Waals surface area contributed by atoms with Crippen LogP contribution in [-0.4, -0.2) is 10.0 Å². The van der Waals surface area contributed by atoms with Crippen LogP contribution < -0.4 is 0 Å². The van der Waals surface area contributed by atoms with Crippen LogP contribution in [0.15, 0.2) is 31.9 Å². The number of furan rings is 1. The molecule has 0 aliphatic carbocycles. The van der Waals surface area contributed by atoms with E-state index in [-0.39, 0.29) is 5.69 Å². The number of nitrogens with zero attached hydrogens (tertiary/aromatic N) is 1. The summed E-state index contributed by atoms with van der Waals surface area (Å²) in [6.07, 6.45) is 0.848. The first-order valence-corrected chi connectivity index (χ1v) is 6.80. The lowest BCUT2D eigenvalue weighted by Gasteiger charge is -1.97. The van der Waals surface area contributed by atoms with E-state index in [1.54, 1.807) is 26.2 Å². The average Bonchev–Trinajstić information content (AvgIpc) is 2.87. The molecule has 0 spiro atoms. The summed E-state index contributed by atoms with van der Waals surface area (Å²) >= 11 is 2.52. The second-order valence-corrected chi connectivity index (χ2v) is 6.09. The minimum absolute atomic E-state index is 0.0292. The Morgan fingerprint density at radius 1 is 1.61 bits per heavy atom. The first kappa shape index (κ1) is 13.1. The number of aliphatic hydroxyl groups excluding tert-OH is 1. The first-order chi connectivity index (χ1) is 8.49. The normalized spacial score (nSPS) is 12.6. The minimum Gasteiger partial charge on any atom is -0.468 e. The van der Waals surface area contributed by atoms with Gasteiger partial charge in [-0.1, -0.05) is 11.8 Å². The summed E-state index contributed by atoms with van der Waals surface area (Å²) in [5, 5.41) is 20.4. The van der Waals surface area contributed by atoms with Crippen LogP contribution in [0.5, 0.6) is 0 Å². The van der Waals surface area contributed by atoms with Crippen molar-refractivity contribution in [2.24, 2.45) is 0 Å². The molecule has 5 nitrogen and oxygen atoms in total. The summed E-state index contributed by atoms with van der Waals surface area (Å²) in [4.78, 5) is 12.0. The van der Waals surface area contributed by atoms with Gasteiger partial charge in [0.15, 0.2) is 0 Å². The van der Waals surface area contributed by atoms with E-state index in [1.807, 2.05) is 0 Å². The molecule has 0 aromatic carbocycles. The highest BCUT2D eigenvalue weighted by Crippen LogP contribution is 2.43. The van der Waals surface area contributed by atoms with Gasteiger partial charge in [-0.3, -0.25) is 10.1 Å². The van der Waals surface area contributed by atoms with Gasteiger partial charge >= 0.3 is 0 Å². The summed E-state index contributed by atoms with van der Waals surface area (Å²) in [6.45, 7) is 3.39. The van der Waals surface area contributed by atoms with Crippen molar-refractivity contribution in [3.8, 4) is 0 Å². The molecule has 0 radical (unpaired) electrons. The van der Waals surface area contributed by atoms with Gasteiger partial charge in [0, 0.05) is 10.9 Å². The monoisotopic (exact) mass is 285 g/mol. The second-order valence-electron chi connectivity index (χ2n) is 3.70. The summed E-state index contributed by atoms with van der Waals surface area (Å²) < 4.78 is 5.71. The van der Waals surface area contributed by atoms with E-state index in [2.05, 4.69) is 0 Å². The number of hydrogen-bond acceptors (Lipinski definition) is 6. The van der Waals surface area contributed by atoms with Gasteiger partial charge in [0.1, 0.15) is 9.97 Å². The predicted octanol–water partition coefficient (Wildman–Crippen LogP) is 3.76. The Bertz CT molecular complexity index is 573. The maximum atomic E-state index is 11.0. The number of thiophene rings is 1. The molecule has 0 amide bonds. The maximum absolute atomic E-state index is 11.0. The van der Waals surface area contributed by atoms with Crippen molar-refractivity contribution in [3.63, 3.8) is 0 Å². The van der Waals surface area contributed by atoms with Crippen molar-refractivity contribution in [2.45, 2.75) is 29.1 Å². The molecular formula is C11H11NO4S2. The smallest absolute Gasteiger partial charge is 0.294 e. The number of rotatable bonds is 4. The molecule has 0 fully saturated rings. The van der Waals surface area contributed by atoms with E-state index < -0.39 is 11.0 Å². The molecule has 1 N–H and O–H groups in total. The molecule has 0 aliphatic heterocycles. The third-order valence-electron chi connectivity index (χ3n) is 2.32. The van der Waals surface area contributed by atoms with Gasteiger partial charge in [0.2, 0.25) is 0 Å². The molecule has 2 aromatic heterocycles. The van der Waals surface area contributed by atoms with Gasteiger partial charge in [-0.15, -0.1) is 11.3 Å². The van der Waals surface area contributed by atoms with Gasteiger partial charge in [0.25, 0.3) is 5.69 Å². The Labute approximate surface area is 112 Å². The molecule has 1 atom stereocenters. The van der Waals surface area contributed by atoms with Crippen molar-refractivity contribution >= 4 is 28.8 Å². The standard InChI is InChI=1S/C11H11NO4S2/c1-6(13)10-5-8(12(14)15)11(18-10)17-9-3-4-16-7(9)2/h3-6,13H,1-2H3/t6-/m0/s1. The topological polar surface area (TPSA) is 76.5 Å². The summed E-state index contributed by atoms with van der Waals surface area (Å²) in [7, 11) is 0. The largest absolute Gasteiger partial charge is 0.468 e.